The summed E-state index contributed by atoms with van der Waals surface area (Å²) >= 11 is 0. The van der Waals surface area contributed by atoms with E-state index in [1.807, 2.05) is 44.2 Å². The minimum Gasteiger partial charge on any atom is -0.444 e. The average molecular weight is 469 g/mol. The number of alkyl carbamates (subject to hydrolysis) is 1. The van der Waals surface area contributed by atoms with Crippen LogP contribution in [0.5, 0.6) is 0 Å². The van der Waals surface area contributed by atoms with Gasteiger partial charge in [0.2, 0.25) is 0 Å². The third-order valence-electron chi connectivity index (χ3n) is 5.15. The van der Waals surface area contributed by atoms with Gasteiger partial charge in [0.15, 0.2) is 5.76 Å². The van der Waals surface area contributed by atoms with E-state index in [-0.39, 0.29) is 24.6 Å². The van der Waals surface area contributed by atoms with Gasteiger partial charge in [0, 0.05) is 17.8 Å². The van der Waals surface area contributed by atoms with Crippen molar-refractivity contribution in [3.8, 4) is 0 Å². The summed E-state index contributed by atoms with van der Waals surface area (Å²) in [4.78, 5) is 38.0. The summed E-state index contributed by atoms with van der Waals surface area (Å²) in [5.41, 5.74) is 0.436. The largest absolute Gasteiger partial charge is 0.444 e. The Labute approximate surface area is 198 Å². The Kier molecular flexibility index (Phi) is 7.44. The van der Waals surface area contributed by atoms with Crippen molar-refractivity contribution in [3.05, 3.63) is 86.0 Å². The van der Waals surface area contributed by atoms with Gasteiger partial charge in [-0.15, -0.1) is 0 Å². The van der Waals surface area contributed by atoms with Gasteiger partial charge in [0.1, 0.15) is 11.3 Å². The predicted molar refractivity (Wildman–Crippen MR) is 128 cm³/mol. The lowest BCUT2D eigenvalue weighted by Gasteiger charge is -2.24. The molecule has 0 unspecified atom stereocenters. The van der Waals surface area contributed by atoms with Crippen LogP contribution in [0.1, 0.15) is 63.2 Å². The lowest BCUT2D eigenvalue weighted by Crippen LogP contribution is -2.41. The van der Waals surface area contributed by atoms with Crippen LogP contribution in [0.15, 0.2) is 56.7 Å². The summed E-state index contributed by atoms with van der Waals surface area (Å²) < 4.78 is 13.5. The molecule has 2 heterocycles. The Balaban J connectivity index is 1.84. The van der Waals surface area contributed by atoms with Crippen LogP contribution < -0.4 is 16.6 Å². The summed E-state index contributed by atoms with van der Waals surface area (Å²) in [7, 11) is 0. The van der Waals surface area contributed by atoms with E-state index in [0.717, 1.165) is 5.56 Å². The van der Waals surface area contributed by atoms with Crippen molar-refractivity contribution in [3.63, 3.8) is 0 Å². The van der Waals surface area contributed by atoms with Crippen molar-refractivity contribution in [2.45, 2.75) is 66.3 Å². The van der Waals surface area contributed by atoms with Crippen LogP contribution in [0.25, 0.3) is 0 Å². The highest BCUT2D eigenvalue weighted by atomic mass is 16.6. The quantitative estimate of drug-likeness (QED) is 0.567. The van der Waals surface area contributed by atoms with E-state index in [1.165, 1.54) is 15.3 Å². The lowest BCUT2D eigenvalue weighted by molar-refractivity contribution is 0.0487. The number of carbonyl (C=O) groups is 1. The molecule has 3 aromatic rings. The molecule has 1 N–H and O–H groups in total. The first-order valence-corrected chi connectivity index (χ1v) is 11.2. The maximum atomic E-state index is 13.1. The smallest absolute Gasteiger partial charge is 0.408 e. The van der Waals surface area contributed by atoms with Crippen molar-refractivity contribution in [2.24, 2.45) is 5.92 Å². The number of aromatic nitrogens is 3. The molecular weight excluding hydrogens is 436 g/mol. The second-order valence-electron chi connectivity index (χ2n) is 9.69. The number of amides is 1. The van der Waals surface area contributed by atoms with Gasteiger partial charge in [0.25, 0.3) is 5.56 Å². The van der Waals surface area contributed by atoms with E-state index in [1.54, 1.807) is 33.8 Å². The van der Waals surface area contributed by atoms with E-state index >= 15 is 0 Å². The predicted octanol–water partition coefficient (Wildman–Crippen LogP) is 3.62. The van der Waals surface area contributed by atoms with Crippen LogP contribution in [0.2, 0.25) is 0 Å². The van der Waals surface area contributed by atoms with Gasteiger partial charge in [-0.2, -0.15) is 0 Å². The number of nitrogens with zero attached hydrogens (tertiary/aromatic N) is 3. The van der Waals surface area contributed by atoms with Gasteiger partial charge in [-0.25, -0.2) is 9.59 Å². The Morgan fingerprint density at radius 1 is 1.15 bits per heavy atom. The maximum absolute atomic E-state index is 13.1. The van der Waals surface area contributed by atoms with Crippen molar-refractivity contribution in [1.29, 1.82) is 0 Å². The van der Waals surface area contributed by atoms with Gasteiger partial charge >= 0.3 is 11.8 Å². The van der Waals surface area contributed by atoms with Gasteiger partial charge in [-0.05, 0) is 39.2 Å². The molecule has 182 valence electrons. The second-order valence-corrected chi connectivity index (χ2v) is 9.69. The molecule has 0 aliphatic rings. The zero-order valence-electron chi connectivity index (χ0n) is 20.5. The Morgan fingerprint density at radius 3 is 2.44 bits per heavy atom. The number of nitrogens with one attached hydrogen (secondary N) is 1. The summed E-state index contributed by atoms with van der Waals surface area (Å²) in [6.07, 6.45) is 0.975. The molecule has 34 heavy (non-hydrogen) atoms. The van der Waals surface area contributed by atoms with Gasteiger partial charge < -0.3 is 14.6 Å². The monoisotopic (exact) mass is 468 g/mol. The normalized spacial score (nSPS) is 12.6. The van der Waals surface area contributed by atoms with Crippen LogP contribution in [-0.2, 0) is 17.8 Å². The highest BCUT2D eigenvalue weighted by Crippen LogP contribution is 2.22. The molecule has 0 aliphatic carbocycles. The fraction of sp³-hybridized carbons (Fsp3) is 0.440. The minimum atomic E-state index is -0.623. The standard InChI is InChI=1S/C25H32N4O5/c1-16(2)21(26-23(31)33-25(4,5)6)20-12-19(34-27-20)15-28-13-17(3)22(30)29(24(28)32)14-18-10-8-7-9-11-18/h7-13,16,21H,14-15H2,1-6H3,(H,26,31)/t21-/m0/s1. The number of aryl methyl sites for hydroxylation is 1. The fourth-order valence-corrected chi connectivity index (χ4v) is 3.55. The fourth-order valence-electron chi connectivity index (χ4n) is 3.55. The molecule has 0 saturated carbocycles. The number of carbonyl (C=O) groups excluding carboxylic acids is 1. The Bertz CT molecular complexity index is 1250. The molecule has 0 spiro atoms. The first-order valence-electron chi connectivity index (χ1n) is 11.2. The van der Waals surface area contributed by atoms with Crippen molar-refractivity contribution < 1.29 is 14.1 Å². The molecule has 0 fully saturated rings. The first kappa shape index (κ1) is 25.0. The summed E-state index contributed by atoms with van der Waals surface area (Å²) in [6, 6.07) is 10.6. The van der Waals surface area contributed by atoms with Crippen LogP contribution in [0.3, 0.4) is 0 Å². The number of rotatable bonds is 7. The zero-order valence-corrected chi connectivity index (χ0v) is 20.5. The zero-order chi connectivity index (χ0) is 25.0. The third-order valence-corrected chi connectivity index (χ3v) is 5.15. The average Bonchev–Trinajstić information content (AvgIpc) is 3.20. The van der Waals surface area contributed by atoms with Crippen molar-refractivity contribution in [2.75, 3.05) is 0 Å². The summed E-state index contributed by atoms with van der Waals surface area (Å²) in [5.74, 6) is 0.446. The number of hydrogen-bond donors (Lipinski definition) is 1. The van der Waals surface area contributed by atoms with Gasteiger partial charge in [-0.1, -0.05) is 49.3 Å². The molecule has 0 aliphatic heterocycles. The molecule has 9 nitrogen and oxygen atoms in total. The number of ether oxygens (including phenoxy) is 1. The molecule has 0 saturated heterocycles. The molecule has 0 bridgehead atoms. The maximum Gasteiger partial charge on any atom is 0.408 e. The SMILES string of the molecule is Cc1cn(Cc2cc([C@@H](NC(=O)OC(C)(C)C)C(C)C)no2)c(=O)n(Cc2ccccc2)c1=O. The number of benzene rings is 1. The topological polar surface area (TPSA) is 108 Å². The van der Waals surface area contributed by atoms with E-state index in [4.69, 9.17) is 9.26 Å². The highest BCUT2D eigenvalue weighted by Gasteiger charge is 2.25. The Morgan fingerprint density at radius 2 is 1.82 bits per heavy atom. The molecule has 1 aromatic carbocycles. The molecular formula is C25H32N4O5. The van der Waals surface area contributed by atoms with Crippen LogP contribution in [-0.4, -0.2) is 26.0 Å². The Hall–Kier alpha value is -3.62. The van der Waals surface area contributed by atoms with E-state index in [0.29, 0.717) is 17.0 Å². The first-order chi connectivity index (χ1) is 15.9. The highest BCUT2D eigenvalue weighted by molar-refractivity contribution is 5.68. The third kappa shape index (κ3) is 6.24. The summed E-state index contributed by atoms with van der Waals surface area (Å²) in [6.45, 7) is 11.2. The van der Waals surface area contributed by atoms with E-state index in [9.17, 15) is 14.4 Å². The summed E-state index contributed by atoms with van der Waals surface area (Å²) in [5, 5.41) is 6.95. The minimum absolute atomic E-state index is 0.0169. The van der Waals surface area contributed by atoms with Crippen molar-refractivity contribution in [1.82, 2.24) is 19.6 Å². The van der Waals surface area contributed by atoms with Gasteiger partial charge in [0.05, 0.1) is 19.1 Å². The van der Waals surface area contributed by atoms with Crippen molar-refractivity contribution >= 4 is 6.09 Å². The second kappa shape index (κ2) is 10.1. The van der Waals surface area contributed by atoms with Crippen LogP contribution >= 0.6 is 0 Å². The van der Waals surface area contributed by atoms with Gasteiger partial charge in [-0.3, -0.25) is 13.9 Å². The lowest BCUT2D eigenvalue weighted by atomic mass is 10.0. The molecule has 3 rings (SSSR count). The number of hydrogen-bond acceptors (Lipinski definition) is 6. The molecule has 1 atom stereocenters. The van der Waals surface area contributed by atoms with Crippen LogP contribution in [0, 0.1) is 12.8 Å². The molecule has 1 amide bonds. The molecule has 0 radical (unpaired) electrons. The molecule has 9 heteroatoms. The van der Waals surface area contributed by atoms with Crippen LogP contribution in [0.4, 0.5) is 4.79 Å². The molecule has 2 aromatic heterocycles. The van der Waals surface area contributed by atoms with E-state index in [2.05, 4.69) is 10.5 Å². The van der Waals surface area contributed by atoms with E-state index < -0.39 is 23.4 Å².